The average Bonchev–Trinajstić information content (AvgIpc) is 2.27. The summed E-state index contributed by atoms with van der Waals surface area (Å²) in [7, 11) is 0. The molecule has 2 rings (SSSR count). The molecule has 0 aliphatic rings. The summed E-state index contributed by atoms with van der Waals surface area (Å²) in [6.45, 7) is 2.61. The highest BCUT2D eigenvalue weighted by Gasteiger charge is 1.97. The number of hydrogen-bond donors (Lipinski definition) is 2. The summed E-state index contributed by atoms with van der Waals surface area (Å²) in [5, 5.41) is 3.15. The van der Waals surface area contributed by atoms with E-state index >= 15 is 0 Å². The van der Waals surface area contributed by atoms with Gasteiger partial charge in [0.1, 0.15) is 0 Å². The van der Waals surface area contributed by atoms with Crippen molar-refractivity contribution in [2.75, 3.05) is 11.1 Å². The van der Waals surface area contributed by atoms with Crippen LogP contribution in [-0.4, -0.2) is 9.97 Å². The van der Waals surface area contributed by atoms with Crippen molar-refractivity contribution < 1.29 is 0 Å². The van der Waals surface area contributed by atoms with Gasteiger partial charge in [0, 0.05) is 24.1 Å². The quantitative estimate of drug-likeness (QED) is 0.767. The third-order valence-electron chi connectivity index (χ3n) is 2.20. The number of hydrogen-bond acceptors (Lipinski definition) is 4. The lowest BCUT2D eigenvalue weighted by Gasteiger charge is -2.05. The molecule has 1 aromatic heterocycles. The first-order chi connectivity index (χ1) is 7.74. The number of nitrogens with two attached hydrogens (primary N) is 1. The Bertz CT molecular complexity index is 436. The van der Waals surface area contributed by atoms with E-state index < -0.39 is 0 Å². The Labute approximate surface area is 94.5 Å². The summed E-state index contributed by atoms with van der Waals surface area (Å²) in [6, 6.07) is 9.61. The molecule has 0 saturated heterocycles. The van der Waals surface area contributed by atoms with Crippen molar-refractivity contribution in [1.82, 2.24) is 9.97 Å². The molecule has 0 bridgehead atoms. The molecule has 0 spiro atoms. The van der Waals surface area contributed by atoms with Crippen molar-refractivity contribution >= 4 is 11.6 Å². The Morgan fingerprint density at radius 1 is 1.31 bits per heavy atom. The number of nitrogen functional groups attached to an aromatic ring is 1. The second kappa shape index (κ2) is 4.61. The van der Waals surface area contributed by atoms with E-state index in [1.165, 1.54) is 0 Å². The molecule has 0 fully saturated rings. The van der Waals surface area contributed by atoms with Gasteiger partial charge in [-0.25, -0.2) is 9.97 Å². The topological polar surface area (TPSA) is 63.8 Å². The van der Waals surface area contributed by atoms with E-state index in [-0.39, 0.29) is 0 Å². The van der Waals surface area contributed by atoms with E-state index in [2.05, 4.69) is 15.3 Å². The van der Waals surface area contributed by atoms with Crippen LogP contribution < -0.4 is 11.1 Å². The van der Waals surface area contributed by atoms with Gasteiger partial charge in [-0.2, -0.15) is 0 Å². The smallest absolute Gasteiger partial charge is 0.223 e. The van der Waals surface area contributed by atoms with E-state index in [0.29, 0.717) is 12.5 Å². The molecule has 3 N–H and O–H groups in total. The van der Waals surface area contributed by atoms with E-state index in [9.17, 15) is 0 Å². The predicted molar refractivity (Wildman–Crippen MR) is 65.0 cm³/mol. The Balaban J connectivity index is 2.02. The van der Waals surface area contributed by atoms with Gasteiger partial charge >= 0.3 is 0 Å². The first-order valence-corrected chi connectivity index (χ1v) is 5.12. The van der Waals surface area contributed by atoms with Crippen molar-refractivity contribution in [3.05, 3.63) is 47.8 Å². The highest BCUT2D eigenvalue weighted by molar-refractivity contribution is 5.41. The number of anilines is 2. The zero-order chi connectivity index (χ0) is 11.4. The average molecular weight is 214 g/mol. The molecule has 82 valence electrons. The highest BCUT2D eigenvalue weighted by Crippen LogP contribution is 2.08. The van der Waals surface area contributed by atoms with Gasteiger partial charge in [-0.3, -0.25) is 0 Å². The summed E-state index contributed by atoms with van der Waals surface area (Å²) < 4.78 is 0. The normalized spacial score (nSPS) is 10.1. The van der Waals surface area contributed by atoms with Crippen LogP contribution >= 0.6 is 0 Å². The molecule has 1 heterocycles. The van der Waals surface area contributed by atoms with Crippen LogP contribution in [0, 0.1) is 6.92 Å². The number of benzene rings is 1. The minimum Gasteiger partial charge on any atom is -0.399 e. The molecule has 0 radical (unpaired) electrons. The maximum absolute atomic E-state index is 5.69. The van der Waals surface area contributed by atoms with E-state index in [4.69, 9.17) is 5.73 Å². The molecule has 4 heteroatoms. The predicted octanol–water partition coefficient (Wildman–Crippen LogP) is 1.98. The van der Waals surface area contributed by atoms with Gasteiger partial charge in [0.15, 0.2) is 0 Å². The molecule has 4 nitrogen and oxygen atoms in total. The fraction of sp³-hybridized carbons (Fsp3) is 0.167. The Morgan fingerprint density at radius 2 is 2.19 bits per heavy atom. The van der Waals surface area contributed by atoms with Crippen LogP contribution in [0.15, 0.2) is 36.5 Å². The monoisotopic (exact) mass is 214 g/mol. The Kier molecular flexibility index (Phi) is 3.00. The van der Waals surface area contributed by atoms with Crippen molar-refractivity contribution in [2.45, 2.75) is 13.5 Å². The van der Waals surface area contributed by atoms with Gasteiger partial charge in [-0.15, -0.1) is 0 Å². The molecule has 1 aromatic carbocycles. The number of nitrogens with one attached hydrogen (secondary N) is 1. The van der Waals surface area contributed by atoms with Crippen molar-refractivity contribution in [3.8, 4) is 0 Å². The van der Waals surface area contributed by atoms with Crippen LogP contribution in [0.3, 0.4) is 0 Å². The van der Waals surface area contributed by atoms with Gasteiger partial charge in [-0.1, -0.05) is 12.1 Å². The van der Waals surface area contributed by atoms with Crippen molar-refractivity contribution in [2.24, 2.45) is 0 Å². The van der Waals surface area contributed by atoms with Crippen molar-refractivity contribution in [1.29, 1.82) is 0 Å². The number of aromatic nitrogens is 2. The van der Waals surface area contributed by atoms with Gasteiger partial charge in [0.25, 0.3) is 0 Å². The van der Waals surface area contributed by atoms with Gasteiger partial charge in [0.2, 0.25) is 5.95 Å². The van der Waals surface area contributed by atoms with Gasteiger partial charge in [0.05, 0.1) is 0 Å². The molecule has 0 aliphatic carbocycles. The maximum Gasteiger partial charge on any atom is 0.223 e. The molecular formula is C12H14N4. The largest absolute Gasteiger partial charge is 0.399 e. The van der Waals surface area contributed by atoms with Crippen LogP contribution in [0.5, 0.6) is 0 Å². The van der Waals surface area contributed by atoms with Crippen LogP contribution in [0.25, 0.3) is 0 Å². The fourth-order valence-electron chi connectivity index (χ4n) is 1.42. The summed E-state index contributed by atoms with van der Waals surface area (Å²) in [4.78, 5) is 8.38. The summed E-state index contributed by atoms with van der Waals surface area (Å²) in [6.07, 6.45) is 1.74. The summed E-state index contributed by atoms with van der Waals surface area (Å²) in [5.74, 6) is 0.641. The molecule has 16 heavy (non-hydrogen) atoms. The first-order valence-electron chi connectivity index (χ1n) is 5.12. The molecule has 0 unspecified atom stereocenters. The second-order valence-corrected chi connectivity index (χ2v) is 3.62. The van der Waals surface area contributed by atoms with Crippen LogP contribution in [-0.2, 0) is 6.54 Å². The molecule has 0 saturated carbocycles. The van der Waals surface area contributed by atoms with E-state index in [0.717, 1.165) is 16.9 Å². The number of rotatable bonds is 3. The van der Waals surface area contributed by atoms with E-state index in [1.807, 2.05) is 37.3 Å². The standard InChI is InChI=1S/C12H14N4/c1-9-5-6-14-12(16-9)15-8-10-3-2-4-11(13)7-10/h2-7H,8,13H2,1H3,(H,14,15,16). The zero-order valence-electron chi connectivity index (χ0n) is 9.14. The molecule has 2 aromatic rings. The zero-order valence-corrected chi connectivity index (χ0v) is 9.14. The lowest BCUT2D eigenvalue weighted by Crippen LogP contribution is -2.04. The molecule has 0 aliphatic heterocycles. The minimum absolute atomic E-state index is 0.641. The number of aryl methyl sites for hydroxylation is 1. The lowest BCUT2D eigenvalue weighted by molar-refractivity contribution is 1.03. The lowest BCUT2D eigenvalue weighted by atomic mass is 10.2. The van der Waals surface area contributed by atoms with Gasteiger partial charge < -0.3 is 11.1 Å². The minimum atomic E-state index is 0.641. The molecular weight excluding hydrogens is 200 g/mol. The third-order valence-corrected chi connectivity index (χ3v) is 2.20. The maximum atomic E-state index is 5.69. The van der Waals surface area contributed by atoms with Crippen LogP contribution in [0.4, 0.5) is 11.6 Å². The summed E-state index contributed by atoms with van der Waals surface area (Å²) >= 11 is 0. The third kappa shape index (κ3) is 2.70. The Morgan fingerprint density at radius 3 is 2.94 bits per heavy atom. The molecule has 0 atom stereocenters. The molecule has 0 amide bonds. The Hall–Kier alpha value is -2.10. The second-order valence-electron chi connectivity index (χ2n) is 3.62. The van der Waals surface area contributed by atoms with E-state index in [1.54, 1.807) is 6.20 Å². The fourth-order valence-corrected chi connectivity index (χ4v) is 1.42. The SMILES string of the molecule is Cc1ccnc(NCc2cccc(N)c2)n1. The highest BCUT2D eigenvalue weighted by atomic mass is 15.1. The van der Waals surface area contributed by atoms with Crippen LogP contribution in [0.1, 0.15) is 11.3 Å². The summed E-state index contributed by atoms with van der Waals surface area (Å²) in [5.41, 5.74) is 8.53. The first kappa shape index (κ1) is 10.4. The van der Waals surface area contributed by atoms with Crippen LogP contribution in [0.2, 0.25) is 0 Å². The van der Waals surface area contributed by atoms with Crippen molar-refractivity contribution in [3.63, 3.8) is 0 Å². The van der Waals surface area contributed by atoms with Gasteiger partial charge in [-0.05, 0) is 30.7 Å². The number of nitrogens with zero attached hydrogens (tertiary/aromatic N) is 2.